The molecule has 1 aromatic rings. The molecular formula is C13H14ClFN2. The summed E-state index contributed by atoms with van der Waals surface area (Å²) in [4.78, 5) is 0. The summed E-state index contributed by atoms with van der Waals surface area (Å²) in [6, 6.07) is 4.41. The third-order valence-electron chi connectivity index (χ3n) is 3.20. The molecule has 0 radical (unpaired) electrons. The van der Waals surface area contributed by atoms with Gasteiger partial charge in [0.05, 0.1) is 5.02 Å². The Kier molecular flexibility index (Phi) is 2.98. The lowest BCUT2D eigenvalue weighted by Gasteiger charge is -2.34. The first-order chi connectivity index (χ1) is 7.93. The van der Waals surface area contributed by atoms with Crippen molar-refractivity contribution in [3.8, 4) is 0 Å². The van der Waals surface area contributed by atoms with Crippen molar-refractivity contribution in [2.45, 2.75) is 18.4 Å². The molecule has 90 valence electrons. The summed E-state index contributed by atoms with van der Waals surface area (Å²) in [6.45, 7) is 1.96. The van der Waals surface area contributed by atoms with Gasteiger partial charge in [-0.3, -0.25) is 0 Å². The van der Waals surface area contributed by atoms with Crippen molar-refractivity contribution in [2.24, 2.45) is 11.5 Å². The Bertz CT molecular complexity index is 510. The van der Waals surface area contributed by atoms with Gasteiger partial charge in [0.25, 0.3) is 0 Å². The highest BCUT2D eigenvalue weighted by molar-refractivity contribution is 6.30. The Morgan fingerprint density at radius 2 is 2.12 bits per heavy atom. The molecule has 2 rings (SSSR count). The molecule has 4 N–H and O–H groups in total. The average Bonchev–Trinajstić information content (AvgIpc) is 2.28. The molecule has 4 heteroatoms. The molecule has 0 aromatic heterocycles. The van der Waals surface area contributed by atoms with Crippen molar-refractivity contribution in [1.82, 2.24) is 0 Å². The maximum Gasteiger partial charge on any atom is 0.141 e. The minimum Gasteiger partial charge on any atom is -0.399 e. The van der Waals surface area contributed by atoms with E-state index in [1.54, 1.807) is 18.2 Å². The van der Waals surface area contributed by atoms with Crippen molar-refractivity contribution in [1.29, 1.82) is 0 Å². The van der Waals surface area contributed by atoms with Gasteiger partial charge in [0.15, 0.2) is 0 Å². The molecule has 2 nitrogen and oxygen atoms in total. The number of rotatable bonds is 1. The van der Waals surface area contributed by atoms with Gasteiger partial charge in [-0.15, -0.1) is 0 Å². The molecule has 0 spiro atoms. The number of hydrogen-bond acceptors (Lipinski definition) is 2. The fourth-order valence-corrected chi connectivity index (χ4v) is 2.19. The Morgan fingerprint density at radius 1 is 1.41 bits per heavy atom. The van der Waals surface area contributed by atoms with Crippen LogP contribution in [0.2, 0.25) is 5.02 Å². The minimum absolute atomic E-state index is 0.0949. The third kappa shape index (κ3) is 2.08. The average molecular weight is 253 g/mol. The molecule has 0 bridgehead atoms. The van der Waals surface area contributed by atoms with Crippen LogP contribution in [0, 0.1) is 5.82 Å². The van der Waals surface area contributed by atoms with Gasteiger partial charge in [0.2, 0.25) is 0 Å². The predicted molar refractivity (Wildman–Crippen MR) is 68.1 cm³/mol. The van der Waals surface area contributed by atoms with E-state index in [9.17, 15) is 4.39 Å². The maximum atomic E-state index is 13.1. The molecule has 2 atom stereocenters. The monoisotopic (exact) mass is 252 g/mol. The zero-order valence-corrected chi connectivity index (χ0v) is 10.2. The van der Waals surface area contributed by atoms with E-state index in [1.165, 1.54) is 6.07 Å². The van der Waals surface area contributed by atoms with Gasteiger partial charge in [0, 0.05) is 17.2 Å². The molecule has 0 saturated heterocycles. The third-order valence-corrected chi connectivity index (χ3v) is 3.49. The molecular weight excluding hydrogens is 239 g/mol. The summed E-state index contributed by atoms with van der Waals surface area (Å²) in [5, 5.41) is 0.0949. The topological polar surface area (TPSA) is 52.0 Å². The van der Waals surface area contributed by atoms with Crippen molar-refractivity contribution in [3.05, 3.63) is 58.5 Å². The van der Waals surface area contributed by atoms with Crippen molar-refractivity contribution >= 4 is 11.6 Å². The maximum absolute atomic E-state index is 13.1. The summed E-state index contributed by atoms with van der Waals surface area (Å²) in [6.07, 6.45) is 5.49. The molecule has 0 heterocycles. The molecule has 0 saturated carbocycles. The van der Waals surface area contributed by atoms with Gasteiger partial charge in [-0.1, -0.05) is 30.7 Å². The van der Waals surface area contributed by atoms with Crippen molar-refractivity contribution in [3.63, 3.8) is 0 Å². The molecule has 0 aliphatic heterocycles. The van der Waals surface area contributed by atoms with E-state index in [1.807, 2.05) is 19.1 Å². The first kappa shape index (κ1) is 12.1. The van der Waals surface area contributed by atoms with E-state index in [4.69, 9.17) is 23.1 Å². The number of allylic oxidation sites excluding steroid dienone is 1. The zero-order valence-electron chi connectivity index (χ0n) is 9.45. The van der Waals surface area contributed by atoms with Gasteiger partial charge >= 0.3 is 0 Å². The van der Waals surface area contributed by atoms with Crippen molar-refractivity contribution < 1.29 is 4.39 Å². The Hall–Kier alpha value is -1.32. The molecule has 1 aliphatic rings. The lowest BCUT2D eigenvalue weighted by Crippen LogP contribution is -2.42. The summed E-state index contributed by atoms with van der Waals surface area (Å²) >= 11 is 5.79. The number of nitrogens with two attached hydrogens (primary N) is 2. The molecule has 17 heavy (non-hydrogen) atoms. The van der Waals surface area contributed by atoms with Gasteiger partial charge in [-0.05, 0) is 29.8 Å². The second-order valence-corrected chi connectivity index (χ2v) is 4.85. The van der Waals surface area contributed by atoms with E-state index in [2.05, 4.69) is 0 Å². The normalized spacial score (nSPS) is 28.0. The van der Waals surface area contributed by atoms with Crippen LogP contribution >= 0.6 is 11.6 Å². The minimum atomic E-state index is -0.462. The second-order valence-electron chi connectivity index (χ2n) is 4.44. The van der Waals surface area contributed by atoms with Crippen molar-refractivity contribution in [2.75, 3.05) is 0 Å². The highest BCUT2D eigenvalue weighted by Crippen LogP contribution is 2.34. The first-order valence-electron chi connectivity index (χ1n) is 5.31. The van der Waals surface area contributed by atoms with E-state index < -0.39 is 11.2 Å². The lowest BCUT2D eigenvalue weighted by molar-refractivity contribution is 0.513. The van der Waals surface area contributed by atoms with E-state index in [0.717, 1.165) is 5.56 Å². The van der Waals surface area contributed by atoms with Crippen LogP contribution in [0.25, 0.3) is 0 Å². The highest BCUT2D eigenvalue weighted by Gasteiger charge is 2.32. The number of hydrogen-bond donors (Lipinski definition) is 2. The summed E-state index contributed by atoms with van der Waals surface area (Å²) in [7, 11) is 0. The number of halogens is 2. The van der Waals surface area contributed by atoms with Crippen LogP contribution < -0.4 is 11.5 Å². The SMILES string of the molecule is CC1(c2ccc(F)c(Cl)c2)C=C(N)C=CC1N. The molecule has 1 aliphatic carbocycles. The van der Waals surface area contributed by atoms with Gasteiger partial charge in [-0.2, -0.15) is 0 Å². The summed E-state index contributed by atoms with van der Waals surface area (Å²) in [5.41, 5.74) is 12.9. The zero-order chi connectivity index (χ0) is 12.6. The standard InChI is InChI=1S/C13H14ClFN2/c1-13(7-9(16)3-5-12(13)17)8-2-4-11(15)10(14)6-8/h2-7,12H,16-17H2,1H3. The van der Waals surface area contributed by atoms with Crippen LogP contribution in [-0.4, -0.2) is 6.04 Å². The quantitative estimate of drug-likeness (QED) is 0.807. The largest absolute Gasteiger partial charge is 0.399 e. The first-order valence-corrected chi connectivity index (χ1v) is 5.69. The summed E-state index contributed by atoms with van der Waals surface area (Å²) < 4.78 is 13.1. The lowest BCUT2D eigenvalue weighted by atomic mass is 9.73. The van der Waals surface area contributed by atoms with Crippen LogP contribution in [0.15, 0.2) is 42.1 Å². The predicted octanol–water partition coefficient (Wildman–Crippen LogP) is 2.48. The van der Waals surface area contributed by atoms with E-state index in [0.29, 0.717) is 5.70 Å². The number of benzene rings is 1. The molecule has 2 unspecified atom stereocenters. The molecule has 1 aromatic carbocycles. The van der Waals surface area contributed by atoms with Crippen LogP contribution in [0.4, 0.5) is 4.39 Å². The van der Waals surface area contributed by atoms with Gasteiger partial charge < -0.3 is 11.5 Å². The Balaban J connectivity index is 2.51. The van der Waals surface area contributed by atoms with Crippen LogP contribution in [-0.2, 0) is 5.41 Å². The van der Waals surface area contributed by atoms with Crippen LogP contribution in [0.3, 0.4) is 0 Å². The van der Waals surface area contributed by atoms with Gasteiger partial charge in [-0.25, -0.2) is 4.39 Å². The summed E-state index contributed by atoms with van der Waals surface area (Å²) in [5.74, 6) is -0.434. The van der Waals surface area contributed by atoms with E-state index >= 15 is 0 Å². The molecule has 0 fully saturated rings. The smallest absolute Gasteiger partial charge is 0.141 e. The van der Waals surface area contributed by atoms with Gasteiger partial charge in [0.1, 0.15) is 5.82 Å². The Morgan fingerprint density at radius 3 is 2.76 bits per heavy atom. The highest BCUT2D eigenvalue weighted by atomic mass is 35.5. The fourth-order valence-electron chi connectivity index (χ4n) is 2.01. The fraction of sp³-hybridized carbons (Fsp3) is 0.231. The Labute approximate surface area is 105 Å². The second kappa shape index (κ2) is 4.17. The molecule has 0 amide bonds. The van der Waals surface area contributed by atoms with Crippen LogP contribution in [0.1, 0.15) is 12.5 Å². The van der Waals surface area contributed by atoms with Crippen LogP contribution in [0.5, 0.6) is 0 Å². The van der Waals surface area contributed by atoms with E-state index in [-0.39, 0.29) is 11.1 Å².